The maximum atomic E-state index is 12.4. The first-order valence-corrected chi connectivity index (χ1v) is 10.8. The number of aromatic nitrogens is 1. The Kier molecular flexibility index (Phi) is 5.55. The molecule has 2 N–H and O–H groups in total. The van der Waals surface area contributed by atoms with Gasteiger partial charge in [-0.1, -0.05) is 13.3 Å². The highest BCUT2D eigenvalue weighted by molar-refractivity contribution is 5.97. The van der Waals surface area contributed by atoms with Crippen LogP contribution in [0.4, 0.5) is 11.4 Å². The summed E-state index contributed by atoms with van der Waals surface area (Å²) in [6.45, 7) is 6.67. The Labute approximate surface area is 188 Å². The molecule has 7 nitrogen and oxygen atoms in total. The minimum absolute atomic E-state index is 0.169. The summed E-state index contributed by atoms with van der Waals surface area (Å²) in [6, 6.07) is 7.38. The second kappa shape index (κ2) is 8.19. The lowest BCUT2D eigenvalue weighted by molar-refractivity contribution is -0.114. The average Bonchev–Trinajstić information content (AvgIpc) is 2.76. The summed E-state index contributed by atoms with van der Waals surface area (Å²) in [5.41, 5.74) is 11.0. The van der Waals surface area contributed by atoms with Crippen molar-refractivity contribution < 1.29 is 14.3 Å². The third-order valence-electron chi connectivity index (χ3n) is 6.61. The SMILES string of the molecule is COc1cc(C#N)ccc1N1C(C)=C(C(N)=O)Cc2c(OCC3(C)CCC3)ncc(C)c21. The van der Waals surface area contributed by atoms with Gasteiger partial charge in [-0.2, -0.15) is 5.26 Å². The minimum Gasteiger partial charge on any atom is -0.495 e. The van der Waals surface area contributed by atoms with Gasteiger partial charge < -0.3 is 20.1 Å². The molecule has 1 aromatic heterocycles. The molecule has 7 heteroatoms. The number of hydrogen-bond donors (Lipinski definition) is 1. The van der Waals surface area contributed by atoms with Crippen molar-refractivity contribution in [3.05, 3.63) is 52.4 Å². The molecule has 1 aliphatic heterocycles. The lowest BCUT2D eigenvalue weighted by Gasteiger charge is -2.39. The number of carbonyl (C=O) groups is 1. The number of pyridine rings is 1. The maximum absolute atomic E-state index is 12.4. The third-order valence-corrected chi connectivity index (χ3v) is 6.61. The summed E-state index contributed by atoms with van der Waals surface area (Å²) < 4.78 is 11.8. The van der Waals surface area contributed by atoms with Gasteiger partial charge in [-0.05, 0) is 44.4 Å². The number of fused-ring (bicyclic) bond motifs is 1. The van der Waals surface area contributed by atoms with E-state index in [9.17, 15) is 10.1 Å². The Morgan fingerprint density at radius 1 is 1.34 bits per heavy atom. The Balaban J connectivity index is 1.87. The summed E-state index contributed by atoms with van der Waals surface area (Å²) in [5, 5.41) is 9.30. The molecule has 166 valence electrons. The topological polar surface area (TPSA) is 101 Å². The van der Waals surface area contributed by atoms with Crippen LogP contribution in [-0.2, 0) is 11.2 Å². The van der Waals surface area contributed by atoms with E-state index in [1.54, 1.807) is 25.4 Å². The number of methoxy groups -OCH3 is 1. The standard InChI is InChI=1S/C25H28N4O3/c1-15-13-28-24(32-14-25(3)8-5-9-25)19-11-18(23(27)30)16(2)29(22(15)19)20-7-6-17(12-26)10-21(20)31-4/h6-7,10,13H,5,8-9,11,14H2,1-4H3,(H2,27,30). The molecule has 1 amide bonds. The van der Waals surface area contributed by atoms with Crippen LogP contribution in [0.25, 0.3) is 0 Å². The quantitative estimate of drug-likeness (QED) is 0.731. The predicted molar refractivity (Wildman–Crippen MR) is 122 cm³/mol. The minimum atomic E-state index is -0.482. The fourth-order valence-electron chi connectivity index (χ4n) is 4.50. The number of nitriles is 1. The molecule has 0 spiro atoms. The van der Waals surface area contributed by atoms with Gasteiger partial charge in [0.15, 0.2) is 0 Å². The van der Waals surface area contributed by atoms with E-state index < -0.39 is 5.91 Å². The average molecular weight is 433 g/mol. The van der Waals surface area contributed by atoms with Crippen LogP contribution < -0.4 is 20.1 Å². The zero-order valence-corrected chi connectivity index (χ0v) is 19.0. The van der Waals surface area contributed by atoms with Crippen LogP contribution in [0.15, 0.2) is 35.7 Å². The normalized spacial score (nSPS) is 16.7. The molecular weight excluding hydrogens is 404 g/mol. The molecule has 2 aliphatic rings. The van der Waals surface area contributed by atoms with Gasteiger partial charge in [0.1, 0.15) is 5.75 Å². The van der Waals surface area contributed by atoms with Gasteiger partial charge in [0.05, 0.1) is 36.7 Å². The fourth-order valence-corrected chi connectivity index (χ4v) is 4.50. The van der Waals surface area contributed by atoms with Crippen LogP contribution in [0.3, 0.4) is 0 Å². The van der Waals surface area contributed by atoms with Crippen molar-refractivity contribution in [1.29, 1.82) is 5.26 Å². The molecule has 0 radical (unpaired) electrons. The number of aryl methyl sites for hydroxylation is 1. The Hall–Kier alpha value is -3.53. The van der Waals surface area contributed by atoms with Gasteiger partial charge in [-0.3, -0.25) is 4.79 Å². The molecule has 2 aromatic rings. The second-order valence-corrected chi connectivity index (χ2v) is 8.97. The van der Waals surface area contributed by atoms with E-state index in [4.69, 9.17) is 15.2 Å². The summed E-state index contributed by atoms with van der Waals surface area (Å²) in [7, 11) is 1.56. The van der Waals surface area contributed by atoms with Crippen molar-refractivity contribution in [2.45, 2.75) is 46.5 Å². The molecule has 4 rings (SSSR count). The first-order chi connectivity index (χ1) is 15.3. The highest BCUT2D eigenvalue weighted by atomic mass is 16.5. The van der Waals surface area contributed by atoms with E-state index in [1.807, 2.05) is 24.8 Å². The van der Waals surface area contributed by atoms with Gasteiger partial charge in [0, 0.05) is 40.9 Å². The molecule has 1 aromatic carbocycles. The van der Waals surface area contributed by atoms with Gasteiger partial charge in [-0.15, -0.1) is 0 Å². The van der Waals surface area contributed by atoms with Crippen molar-refractivity contribution in [3.8, 4) is 17.7 Å². The van der Waals surface area contributed by atoms with Crippen molar-refractivity contribution in [1.82, 2.24) is 4.98 Å². The first kappa shape index (κ1) is 21.7. The highest BCUT2D eigenvalue weighted by Crippen LogP contribution is 2.47. The van der Waals surface area contributed by atoms with Crippen molar-refractivity contribution in [2.24, 2.45) is 11.1 Å². The number of rotatable bonds is 6. The highest BCUT2D eigenvalue weighted by Gasteiger charge is 2.35. The third kappa shape index (κ3) is 3.66. The van der Waals surface area contributed by atoms with Crippen LogP contribution >= 0.6 is 0 Å². The number of nitrogens with zero attached hydrogens (tertiary/aromatic N) is 3. The lowest BCUT2D eigenvalue weighted by atomic mass is 9.71. The summed E-state index contributed by atoms with van der Waals surface area (Å²) in [4.78, 5) is 18.9. The molecule has 1 saturated carbocycles. The summed E-state index contributed by atoms with van der Waals surface area (Å²) >= 11 is 0. The second-order valence-electron chi connectivity index (χ2n) is 8.97. The van der Waals surface area contributed by atoms with E-state index in [0.29, 0.717) is 35.8 Å². The maximum Gasteiger partial charge on any atom is 0.246 e. The Morgan fingerprint density at radius 3 is 2.69 bits per heavy atom. The van der Waals surface area contributed by atoms with Gasteiger partial charge >= 0.3 is 0 Å². The van der Waals surface area contributed by atoms with E-state index >= 15 is 0 Å². The number of nitrogens with two attached hydrogens (primary N) is 1. The van der Waals surface area contributed by atoms with Crippen LogP contribution in [0, 0.1) is 23.7 Å². The van der Waals surface area contributed by atoms with E-state index in [0.717, 1.165) is 41.0 Å². The van der Waals surface area contributed by atoms with Crippen LogP contribution in [0.1, 0.15) is 49.8 Å². The van der Waals surface area contributed by atoms with Crippen LogP contribution in [0.5, 0.6) is 11.6 Å². The number of hydrogen-bond acceptors (Lipinski definition) is 6. The Bertz CT molecular complexity index is 1160. The van der Waals surface area contributed by atoms with Crippen LogP contribution in [-0.4, -0.2) is 24.6 Å². The molecule has 1 fully saturated rings. The largest absolute Gasteiger partial charge is 0.495 e. The number of amides is 1. The fraction of sp³-hybridized carbons (Fsp3) is 0.400. The van der Waals surface area contributed by atoms with E-state index in [1.165, 1.54) is 6.42 Å². The number of anilines is 2. The molecule has 0 atom stereocenters. The lowest BCUT2D eigenvalue weighted by Crippen LogP contribution is -2.33. The van der Waals surface area contributed by atoms with Crippen molar-refractivity contribution in [2.75, 3.05) is 18.6 Å². The molecule has 0 saturated heterocycles. The molecule has 2 heterocycles. The number of ether oxygens (including phenoxy) is 2. The molecule has 1 aliphatic carbocycles. The van der Waals surface area contributed by atoms with Gasteiger partial charge in [-0.25, -0.2) is 4.98 Å². The number of carbonyl (C=O) groups excluding carboxylic acids is 1. The van der Waals surface area contributed by atoms with E-state index in [-0.39, 0.29) is 5.41 Å². The molecular formula is C25H28N4O3. The van der Waals surface area contributed by atoms with Gasteiger partial charge in [0.2, 0.25) is 11.8 Å². The van der Waals surface area contributed by atoms with Crippen molar-refractivity contribution in [3.63, 3.8) is 0 Å². The molecule has 0 unspecified atom stereocenters. The first-order valence-electron chi connectivity index (χ1n) is 10.8. The van der Waals surface area contributed by atoms with Gasteiger partial charge in [0.25, 0.3) is 0 Å². The number of benzene rings is 1. The summed E-state index contributed by atoms with van der Waals surface area (Å²) in [6.07, 6.45) is 5.65. The molecule has 0 bridgehead atoms. The zero-order valence-electron chi connectivity index (χ0n) is 19.0. The zero-order chi connectivity index (χ0) is 23.0. The number of allylic oxidation sites excluding steroid dienone is 1. The predicted octanol–water partition coefficient (Wildman–Crippen LogP) is 4.29. The summed E-state index contributed by atoms with van der Waals surface area (Å²) in [5.74, 6) is 0.576. The smallest absolute Gasteiger partial charge is 0.246 e. The molecule has 32 heavy (non-hydrogen) atoms. The number of primary amides is 1. The van der Waals surface area contributed by atoms with Crippen molar-refractivity contribution >= 4 is 17.3 Å². The Morgan fingerprint density at radius 2 is 2.09 bits per heavy atom. The van der Waals surface area contributed by atoms with Crippen LogP contribution in [0.2, 0.25) is 0 Å². The monoisotopic (exact) mass is 432 g/mol. The van der Waals surface area contributed by atoms with E-state index in [2.05, 4.69) is 18.0 Å².